The van der Waals surface area contributed by atoms with Crippen LogP contribution in [-0.4, -0.2) is 31.6 Å². The second-order valence-electron chi connectivity index (χ2n) is 7.34. The van der Waals surface area contributed by atoms with Crippen LogP contribution in [0.3, 0.4) is 0 Å². The van der Waals surface area contributed by atoms with Crippen LogP contribution >= 0.6 is 0 Å². The quantitative estimate of drug-likeness (QED) is 0.327. The van der Waals surface area contributed by atoms with Gasteiger partial charge in [0.1, 0.15) is 11.4 Å². The fraction of sp³-hybridized carbons (Fsp3) is 0.261. The molecule has 0 saturated carbocycles. The third-order valence-corrected chi connectivity index (χ3v) is 4.46. The first-order chi connectivity index (χ1) is 15.2. The summed E-state index contributed by atoms with van der Waals surface area (Å²) in [5, 5.41) is 8.52. The number of methoxy groups -OCH3 is 1. The fourth-order valence-electron chi connectivity index (χ4n) is 3.01. The lowest BCUT2D eigenvalue weighted by atomic mass is 10.1. The van der Waals surface area contributed by atoms with Gasteiger partial charge in [0.2, 0.25) is 0 Å². The molecule has 2 aliphatic rings. The minimum Gasteiger partial charge on any atom is -0.489 e. The highest BCUT2D eigenvalue weighted by Crippen LogP contribution is 2.29. The maximum absolute atomic E-state index is 13.6. The number of nitrogens with one attached hydrogen (secondary N) is 3. The fourth-order valence-corrected chi connectivity index (χ4v) is 3.01. The van der Waals surface area contributed by atoms with Gasteiger partial charge in [0.25, 0.3) is 0 Å². The number of alkyl halides is 3. The molecule has 0 aromatic heterocycles. The average Bonchev–Trinajstić information content (AvgIpc) is 2.73. The Balaban J connectivity index is 1.82. The van der Waals surface area contributed by atoms with E-state index in [-0.39, 0.29) is 11.6 Å². The van der Waals surface area contributed by atoms with Gasteiger partial charge in [-0.15, -0.1) is 0 Å². The van der Waals surface area contributed by atoms with Gasteiger partial charge in [-0.05, 0) is 38.1 Å². The Bertz CT molecular complexity index is 1090. The Morgan fingerprint density at radius 2 is 2.12 bits per heavy atom. The first-order valence-electron chi connectivity index (χ1n) is 9.79. The maximum Gasteiger partial charge on any atom is 0.421 e. The van der Waals surface area contributed by atoms with E-state index in [1.54, 1.807) is 44.2 Å². The number of ketones is 1. The summed E-state index contributed by atoms with van der Waals surface area (Å²) in [6.45, 7) is 3.59. The molecule has 0 spiro atoms. The number of carbonyl (C=O) groups excluding carboxylic acids is 1. The predicted molar refractivity (Wildman–Crippen MR) is 117 cm³/mol. The smallest absolute Gasteiger partial charge is 0.421 e. The van der Waals surface area contributed by atoms with Crippen LogP contribution in [0, 0.1) is 0 Å². The van der Waals surface area contributed by atoms with Crippen LogP contribution in [0.5, 0.6) is 0 Å². The van der Waals surface area contributed by atoms with E-state index in [0.29, 0.717) is 29.1 Å². The Morgan fingerprint density at radius 1 is 1.34 bits per heavy atom. The number of rotatable bonds is 7. The molecule has 1 aromatic carbocycles. The van der Waals surface area contributed by atoms with Gasteiger partial charge in [0, 0.05) is 35.7 Å². The zero-order chi connectivity index (χ0) is 23.3. The molecule has 1 heterocycles. The maximum atomic E-state index is 13.6. The Hall–Kier alpha value is -3.71. The molecule has 1 aliphatic heterocycles. The van der Waals surface area contributed by atoms with Crippen molar-refractivity contribution < 1.29 is 22.7 Å². The summed E-state index contributed by atoms with van der Waals surface area (Å²) in [4.78, 5) is 16.2. The molecule has 0 radical (unpaired) electrons. The Labute approximate surface area is 183 Å². The zero-order valence-electron chi connectivity index (χ0n) is 17.8. The Kier molecular flexibility index (Phi) is 6.90. The van der Waals surface area contributed by atoms with Crippen molar-refractivity contribution in [2.24, 2.45) is 4.99 Å². The van der Waals surface area contributed by atoms with E-state index >= 15 is 0 Å². The number of anilines is 1. The molecule has 3 N–H and O–H groups in total. The van der Waals surface area contributed by atoms with Crippen molar-refractivity contribution >= 4 is 17.7 Å². The van der Waals surface area contributed by atoms with E-state index in [0.717, 1.165) is 11.8 Å². The topological polar surface area (TPSA) is 74.8 Å². The van der Waals surface area contributed by atoms with Crippen molar-refractivity contribution in [3.63, 3.8) is 0 Å². The number of ether oxygens (including phenoxy) is 1. The molecule has 9 heteroatoms. The third kappa shape index (κ3) is 5.92. The molecule has 32 heavy (non-hydrogen) atoms. The molecular weight excluding hydrogens is 421 g/mol. The number of hydrogen-bond acceptors (Lipinski definition) is 6. The largest absolute Gasteiger partial charge is 0.489 e. The SMILES string of the molecule is COC1=C=CCC(NC2N=CC(C(F)(F)F)=C(Nc3cccc(C(=O)C=C(C)C)c3)N2)=C1. The molecule has 0 saturated heterocycles. The summed E-state index contributed by atoms with van der Waals surface area (Å²) in [6, 6.07) is 6.30. The van der Waals surface area contributed by atoms with Gasteiger partial charge >= 0.3 is 6.18 Å². The van der Waals surface area contributed by atoms with E-state index in [1.165, 1.54) is 19.3 Å². The molecule has 1 unspecified atom stereocenters. The summed E-state index contributed by atoms with van der Waals surface area (Å²) >= 11 is 0. The molecule has 3 rings (SSSR count). The van der Waals surface area contributed by atoms with Gasteiger partial charge in [0.05, 0.1) is 7.11 Å². The number of benzene rings is 1. The van der Waals surface area contributed by atoms with Crippen molar-refractivity contribution in [2.75, 3.05) is 12.4 Å². The van der Waals surface area contributed by atoms with E-state index in [4.69, 9.17) is 4.74 Å². The minimum atomic E-state index is -4.63. The van der Waals surface area contributed by atoms with Gasteiger partial charge in [-0.25, -0.2) is 4.99 Å². The molecule has 1 aromatic rings. The molecule has 168 valence electrons. The number of allylic oxidation sites excluding steroid dienone is 4. The molecule has 0 amide bonds. The number of aliphatic imine (C=N–C) groups is 1. The molecule has 1 atom stereocenters. The molecule has 1 aliphatic carbocycles. The number of carbonyl (C=O) groups is 1. The van der Waals surface area contributed by atoms with Crippen LogP contribution in [0.2, 0.25) is 0 Å². The molecule has 0 bridgehead atoms. The monoisotopic (exact) mass is 444 g/mol. The van der Waals surface area contributed by atoms with Gasteiger partial charge in [-0.3, -0.25) is 4.79 Å². The van der Waals surface area contributed by atoms with E-state index in [1.807, 2.05) is 0 Å². The van der Waals surface area contributed by atoms with Gasteiger partial charge in [-0.1, -0.05) is 23.4 Å². The van der Waals surface area contributed by atoms with E-state index in [9.17, 15) is 18.0 Å². The van der Waals surface area contributed by atoms with E-state index < -0.39 is 18.0 Å². The first-order valence-corrected chi connectivity index (χ1v) is 9.79. The first kappa shape index (κ1) is 23.0. The lowest BCUT2D eigenvalue weighted by molar-refractivity contribution is -0.0869. The summed E-state index contributed by atoms with van der Waals surface area (Å²) in [5.74, 6) is 0.00297. The van der Waals surface area contributed by atoms with Gasteiger partial charge in [0.15, 0.2) is 17.8 Å². The van der Waals surface area contributed by atoms with Crippen LogP contribution in [0.1, 0.15) is 30.6 Å². The molecular formula is C23H23F3N4O2. The van der Waals surface area contributed by atoms with Crippen LogP contribution in [0.25, 0.3) is 0 Å². The predicted octanol–water partition coefficient (Wildman–Crippen LogP) is 4.54. The minimum absolute atomic E-state index is 0.226. The number of nitrogens with zero attached hydrogens (tertiary/aromatic N) is 1. The lowest BCUT2D eigenvalue weighted by Crippen LogP contribution is -2.45. The highest BCUT2D eigenvalue weighted by atomic mass is 19.4. The summed E-state index contributed by atoms with van der Waals surface area (Å²) < 4.78 is 45.8. The molecule has 0 fully saturated rings. The lowest BCUT2D eigenvalue weighted by Gasteiger charge is -2.28. The van der Waals surface area contributed by atoms with Crippen molar-refractivity contribution in [1.29, 1.82) is 0 Å². The average molecular weight is 444 g/mol. The highest BCUT2D eigenvalue weighted by Gasteiger charge is 2.38. The van der Waals surface area contributed by atoms with Crippen LogP contribution in [0.15, 0.2) is 81.6 Å². The highest BCUT2D eigenvalue weighted by molar-refractivity contribution is 6.05. The van der Waals surface area contributed by atoms with Crippen molar-refractivity contribution in [1.82, 2.24) is 10.6 Å². The summed E-state index contributed by atoms with van der Waals surface area (Å²) in [6.07, 6.45) is 0.743. The Morgan fingerprint density at radius 3 is 2.81 bits per heavy atom. The normalized spacial score (nSPS) is 17.8. The second kappa shape index (κ2) is 9.62. The van der Waals surface area contributed by atoms with Crippen molar-refractivity contribution in [3.05, 3.63) is 82.2 Å². The van der Waals surface area contributed by atoms with E-state index in [2.05, 4.69) is 26.7 Å². The number of hydrogen-bond donors (Lipinski definition) is 3. The second-order valence-corrected chi connectivity index (χ2v) is 7.34. The van der Waals surface area contributed by atoms with Crippen LogP contribution in [0.4, 0.5) is 18.9 Å². The summed E-state index contributed by atoms with van der Waals surface area (Å²) in [5.41, 5.74) is 4.20. The summed E-state index contributed by atoms with van der Waals surface area (Å²) in [7, 11) is 1.50. The number of halogens is 3. The standard InChI is InChI=1S/C23H23F3N4O2/c1-14(2)10-20(31)15-6-4-7-16(11-15)28-21-19(23(24,25)26)13-27-22(30-21)29-17-8-5-9-18(12-17)32-3/h4-7,10-13,22,28-30H,8H2,1-3H3. The van der Waals surface area contributed by atoms with Crippen molar-refractivity contribution in [2.45, 2.75) is 32.7 Å². The molecule has 6 nitrogen and oxygen atoms in total. The zero-order valence-corrected chi connectivity index (χ0v) is 17.8. The van der Waals surface area contributed by atoms with Crippen LogP contribution in [-0.2, 0) is 4.74 Å². The van der Waals surface area contributed by atoms with Crippen molar-refractivity contribution in [3.8, 4) is 0 Å². The van der Waals surface area contributed by atoms with Gasteiger partial charge in [-0.2, -0.15) is 13.2 Å². The third-order valence-electron chi connectivity index (χ3n) is 4.46. The van der Waals surface area contributed by atoms with Gasteiger partial charge < -0.3 is 20.7 Å². The van der Waals surface area contributed by atoms with Crippen LogP contribution < -0.4 is 16.0 Å².